The van der Waals surface area contributed by atoms with Crippen LogP contribution in [0.1, 0.15) is 19.8 Å². The zero-order valence-corrected chi connectivity index (χ0v) is 9.21. The Morgan fingerprint density at radius 3 is 3.17 bits per heavy atom. The maximum atomic E-state index is 12.9. The van der Waals surface area contributed by atoms with Crippen molar-refractivity contribution in [3.63, 3.8) is 0 Å². The van der Waals surface area contributed by atoms with E-state index in [4.69, 9.17) is 0 Å². The average Bonchev–Trinajstić information content (AvgIpc) is 2.28. The van der Waals surface area contributed by atoms with Gasteiger partial charge in [0.05, 0.1) is 5.83 Å². The molecule has 3 heteroatoms. The first kappa shape index (κ1) is 8.94. The van der Waals surface area contributed by atoms with E-state index in [0.717, 1.165) is 6.42 Å². The van der Waals surface area contributed by atoms with Gasteiger partial charge in [-0.1, -0.05) is 28.7 Å². The minimum absolute atomic E-state index is 0.0708. The Kier molecular flexibility index (Phi) is 2.42. The summed E-state index contributed by atoms with van der Waals surface area (Å²) >= 11 is 2.49. The maximum Gasteiger partial charge on any atom is 0.0975 e. The highest BCUT2D eigenvalue weighted by Crippen LogP contribution is 2.37. The van der Waals surface area contributed by atoms with Crippen molar-refractivity contribution in [2.24, 2.45) is 5.92 Å². The van der Waals surface area contributed by atoms with Crippen molar-refractivity contribution in [3.05, 3.63) is 11.9 Å². The van der Waals surface area contributed by atoms with Gasteiger partial charge in [0.2, 0.25) is 0 Å². The molecule has 1 N–H and O–H groups in total. The SMILES string of the molecule is CC1NC2CC(F)=CCC2C1I. The van der Waals surface area contributed by atoms with Crippen molar-refractivity contribution < 1.29 is 4.39 Å². The molecule has 0 saturated carbocycles. The van der Waals surface area contributed by atoms with Gasteiger partial charge >= 0.3 is 0 Å². The van der Waals surface area contributed by atoms with Gasteiger partial charge in [-0.25, -0.2) is 4.39 Å². The van der Waals surface area contributed by atoms with E-state index in [9.17, 15) is 4.39 Å². The van der Waals surface area contributed by atoms with E-state index in [2.05, 4.69) is 34.8 Å². The van der Waals surface area contributed by atoms with E-state index in [1.54, 1.807) is 6.08 Å². The standard InChI is InChI=1S/C9H13FIN/c1-5-9(11)7-3-2-6(10)4-8(7)12-5/h2,5,7-9,12H,3-4H2,1H3. The molecule has 0 spiro atoms. The fourth-order valence-electron chi connectivity index (χ4n) is 2.21. The molecular formula is C9H13FIN. The van der Waals surface area contributed by atoms with Crippen LogP contribution in [-0.2, 0) is 0 Å². The molecule has 0 aromatic rings. The summed E-state index contributed by atoms with van der Waals surface area (Å²) in [6.45, 7) is 2.19. The van der Waals surface area contributed by atoms with Crippen LogP contribution in [0, 0.1) is 5.92 Å². The smallest absolute Gasteiger partial charge is 0.0975 e. The fourth-order valence-corrected chi connectivity index (χ4v) is 3.21. The summed E-state index contributed by atoms with van der Waals surface area (Å²) in [4.78, 5) is 0. The van der Waals surface area contributed by atoms with Gasteiger partial charge in [-0.3, -0.25) is 0 Å². The van der Waals surface area contributed by atoms with Crippen LogP contribution in [0.2, 0.25) is 0 Å². The Balaban J connectivity index is 2.12. The quantitative estimate of drug-likeness (QED) is 0.531. The number of hydrogen-bond donors (Lipinski definition) is 1. The van der Waals surface area contributed by atoms with E-state index >= 15 is 0 Å². The topological polar surface area (TPSA) is 12.0 Å². The van der Waals surface area contributed by atoms with Gasteiger partial charge in [-0.15, -0.1) is 0 Å². The molecule has 0 aromatic carbocycles. The Labute approximate surface area is 85.9 Å². The molecule has 1 fully saturated rings. The van der Waals surface area contributed by atoms with Gasteiger partial charge in [0, 0.05) is 22.4 Å². The van der Waals surface area contributed by atoms with Crippen LogP contribution in [0.4, 0.5) is 4.39 Å². The van der Waals surface area contributed by atoms with Crippen LogP contribution in [0.5, 0.6) is 0 Å². The zero-order valence-electron chi connectivity index (χ0n) is 7.06. The predicted molar refractivity (Wildman–Crippen MR) is 56.1 cm³/mol. The Morgan fingerprint density at radius 1 is 1.67 bits per heavy atom. The molecule has 12 heavy (non-hydrogen) atoms. The number of nitrogens with one attached hydrogen (secondary N) is 1. The van der Waals surface area contributed by atoms with Crippen LogP contribution >= 0.6 is 22.6 Å². The molecule has 1 heterocycles. The Bertz CT molecular complexity index is 217. The molecular weight excluding hydrogens is 268 g/mol. The second-order valence-electron chi connectivity index (χ2n) is 3.76. The monoisotopic (exact) mass is 281 g/mol. The zero-order chi connectivity index (χ0) is 8.72. The first-order chi connectivity index (χ1) is 5.68. The van der Waals surface area contributed by atoms with Gasteiger partial charge in [0.25, 0.3) is 0 Å². The Hall–Kier alpha value is 0.360. The van der Waals surface area contributed by atoms with E-state index < -0.39 is 0 Å². The molecule has 1 aliphatic carbocycles. The molecule has 1 saturated heterocycles. The van der Waals surface area contributed by atoms with Crippen molar-refractivity contribution in [1.82, 2.24) is 5.32 Å². The largest absolute Gasteiger partial charge is 0.310 e. The molecule has 4 unspecified atom stereocenters. The minimum atomic E-state index is 0.0708. The first-order valence-electron chi connectivity index (χ1n) is 4.43. The highest BCUT2D eigenvalue weighted by molar-refractivity contribution is 14.1. The van der Waals surface area contributed by atoms with Crippen molar-refractivity contribution in [2.45, 2.75) is 35.8 Å². The summed E-state index contributed by atoms with van der Waals surface area (Å²) in [7, 11) is 0. The van der Waals surface area contributed by atoms with Gasteiger partial charge < -0.3 is 5.32 Å². The molecule has 0 bridgehead atoms. The summed E-state index contributed by atoms with van der Waals surface area (Å²) in [6.07, 6.45) is 3.28. The van der Waals surface area contributed by atoms with Gasteiger partial charge in [-0.2, -0.15) is 0 Å². The third-order valence-electron chi connectivity index (χ3n) is 2.91. The summed E-state index contributed by atoms with van der Waals surface area (Å²) in [5, 5.41) is 3.45. The van der Waals surface area contributed by atoms with Crippen molar-refractivity contribution in [2.75, 3.05) is 0 Å². The van der Waals surface area contributed by atoms with E-state index in [-0.39, 0.29) is 5.83 Å². The summed E-state index contributed by atoms with van der Waals surface area (Å²) in [6, 6.07) is 0.937. The van der Waals surface area contributed by atoms with E-state index in [1.165, 1.54) is 0 Å². The molecule has 2 aliphatic rings. The van der Waals surface area contributed by atoms with Crippen LogP contribution in [0.3, 0.4) is 0 Å². The Morgan fingerprint density at radius 2 is 2.42 bits per heavy atom. The van der Waals surface area contributed by atoms with Gasteiger partial charge in [-0.05, 0) is 19.3 Å². The minimum Gasteiger partial charge on any atom is -0.310 e. The normalized spacial score (nSPS) is 47.1. The lowest BCUT2D eigenvalue weighted by Crippen LogP contribution is -2.31. The predicted octanol–water partition coefficient (Wildman–Crippen LogP) is 2.41. The first-order valence-corrected chi connectivity index (χ1v) is 5.67. The van der Waals surface area contributed by atoms with E-state index in [0.29, 0.717) is 28.3 Å². The maximum absolute atomic E-state index is 12.9. The van der Waals surface area contributed by atoms with Gasteiger partial charge in [0.15, 0.2) is 0 Å². The van der Waals surface area contributed by atoms with Crippen LogP contribution in [-0.4, -0.2) is 16.0 Å². The van der Waals surface area contributed by atoms with E-state index in [1.807, 2.05) is 0 Å². The van der Waals surface area contributed by atoms with Crippen LogP contribution in [0.15, 0.2) is 11.9 Å². The summed E-state index contributed by atoms with van der Waals surface area (Å²) in [5.74, 6) is 0.724. The van der Waals surface area contributed by atoms with Crippen molar-refractivity contribution >= 4 is 22.6 Å². The molecule has 0 aromatic heterocycles. The van der Waals surface area contributed by atoms with Crippen LogP contribution in [0.25, 0.3) is 0 Å². The lowest BCUT2D eigenvalue weighted by Gasteiger charge is -2.23. The number of rotatable bonds is 0. The number of fused-ring (bicyclic) bond motifs is 1. The second-order valence-corrected chi connectivity index (χ2v) is 5.20. The lowest BCUT2D eigenvalue weighted by atomic mass is 9.89. The molecule has 0 radical (unpaired) electrons. The number of alkyl halides is 1. The number of halogens is 2. The molecule has 1 nitrogen and oxygen atoms in total. The lowest BCUT2D eigenvalue weighted by molar-refractivity contribution is 0.390. The summed E-state index contributed by atoms with van der Waals surface area (Å²) in [5.41, 5.74) is 0. The third-order valence-corrected chi connectivity index (χ3v) is 4.91. The highest BCUT2D eigenvalue weighted by atomic mass is 127. The second kappa shape index (κ2) is 3.25. The van der Waals surface area contributed by atoms with Gasteiger partial charge in [0.1, 0.15) is 0 Å². The third kappa shape index (κ3) is 1.41. The average molecular weight is 281 g/mol. The molecule has 2 rings (SSSR count). The molecule has 4 atom stereocenters. The van der Waals surface area contributed by atoms with Crippen molar-refractivity contribution in [3.8, 4) is 0 Å². The summed E-state index contributed by atoms with van der Waals surface area (Å²) < 4.78 is 13.6. The van der Waals surface area contributed by atoms with Crippen molar-refractivity contribution in [1.29, 1.82) is 0 Å². The number of hydrogen-bond acceptors (Lipinski definition) is 1. The molecule has 68 valence electrons. The number of allylic oxidation sites excluding steroid dienone is 1. The molecule has 1 aliphatic heterocycles. The fraction of sp³-hybridized carbons (Fsp3) is 0.778. The molecule has 0 amide bonds. The highest BCUT2D eigenvalue weighted by Gasteiger charge is 2.40. The van der Waals surface area contributed by atoms with Crippen LogP contribution < -0.4 is 5.32 Å².